The predicted molar refractivity (Wildman–Crippen MR) is 120 cm³/mol. The standard InChI is InChI=1S/C14H19BFIN4O4S.C2H6/c1-9-12(7-11(16)8-18-9)20-10(2)13(21(22)23)14(19-20)25-5-4-6-26-15(17)24-3;1-2/h7-9,18H,4-6H2,1-3H3;1-2H3. The Kier molecular flexibility index (Phi) is 10.9. The number of nitro groups is 1. The summed E-state index contributed by atoms with van der Waals surface area (Å²) in [6.07, 6.45) is 3.24. The zero-order chi connectivity index (χ0) is 21.3. The van der Waals surface area contributed by atoms with Crippen LogP contribution in [0, 0.1) is 17.0 Å². The molecule has 0 spiro atoms. The van der Waals surface area contributed by atoms with Crippen molar-refractivity contribution < 1.29 is 18.7 Å². The van der Waals surface area contributed by atoms with Gasteiger partial charge in [-0.1, -0.05) is 36.2 Å². The SMILES string of the molecule is CC.COB(I)SCCCOc1nn(C2=CC(F)=CNC2C)c(C)c1[N+](=O)[O-]. The van der Waals surface area contributed by atoms with Crippen molar-refractivity contribution in [3.63, 3.8) is 0 Å². The number of nitrogens with one attached hydrogen (secondary N) is 1. The van der Waals surface area contributed by atoms with Crippen molar-refractivity contribution in [2.45, 2.75) is 40.2 Å². The average molecular weight is 526 g/mol. The van der Waals surface area contributed by atoms with E-state index in [1.807, 2.05) is 20.8 Å². The molecule has 0 amide bonds. The number of hydrogen-bond donors (Lipinski definition) is 1. The van der Waals surface area contributed by atoms with Crippen LogP contribution < -0.4 is 10.1 Å². The van der Waals surface area contributed by atoms with Gasteiger partial charge in [0.05, 0.1) is 23.3 Å². The monoisotopic (exact) mass is 526 g/mol. The topological polar surface area (TPSA) is 91.5 Å². The van der Waals surface area contributed by atoms with Gasteiger partial charge in [0.15, 0.2) is 0 Å². The smallest absolute Gasteiger partial charge is 0.434 e. The third-order valence-corrected chi connectivity index (χ3v) is 6.21. The van der Waals surface area contributed by atoms with Gasteiger partial charge in [0, 0.05) is 13.3 Å². The number of ether oxygens (including phenoxy) is 1. The second-order valence-corrected chi connectivity index (χ2v) is 8.62. The lowest BCUT2D eigenvalue weighted by Crippen LogP contribution is -2.28. The van der Waals surface area contributed by atoms with Crippen LogP contribution in [0.1, 0.15) is 32.9 Å². The van der Waals surface area contributed by atoms with Crippen molar-refractivity contribution in [2.24, 2.45) is 0 Å². The van der Waals surface area contributed by atoms with Gasteiger partial charge < -0.3 is 14.7 Å². The molecular weight excluding hydrogens is 501 g/mol. The molecule has 0 aromatic carbocycles. The molecule has 2 heterocycles. The van der Waals surface area contributed by atoms with Crippen molar-refractivity contribution in [3.8, 4) is 5.88 Å². The summed E-state index contributed by atoms with van der Waals surface area (Å²) >= 11 is 3.78. The van der Waals surface area contributed by atoms with Crippen LogP contribution in [0.25, 0.3) is 5.70 Å². The molecule has 1 aliphatic heterocycles. The zero-order valence-corrected chi connectivity index (χ0v) is 19.5. The molecule has 156 valence electrons. The van der Waals surface area contributed by atoms with E-state index in [1.54, 1.807) is 25.6 Å². The van der Waals surface area contributed by atoms with E-state index in [4.69, 9.17) is 9.39 Å². The minimum atomic E-state index is -0.525. The number of rotatable bonds is 9. The maximum absolute atomic E-state index is 13.6. The van der Waals surface area contributed by atoms with Crippen LogP contribution in [0.3, 0.4) is 0 Å². The fraction of sp³-hybridized carbons (Fsp3) is 0.562. The fourth-order valence-electron chi connectivity index (χ4n) is 2.34. The summed E-state index contributed by atoms with van der Waals surface area (Å²) in [5.41, 5.74) is 0.564. The summed E-state index contributed by atoms with van der Waals surface area (Å²) in [4.78, 5) is 10.9. The molecule has 1 unspecified atom stereocenters. The summed E-state index contributed by atoms with van der Waals surface area (Å²) in [6.45, 7) is 7.67. The molecular formula is C16H25BFIN4O4S. The lowest BCUT2D eigenvalue weighted by molar-refractivity contribution is -0.386. The largest absolute Gasteiger partial charge is 0.472 e. The lowest BCUT2D eigenvalue weighted by atomic mass is 10.2. The first-order valence-corrected chi connectivity index (χ1v) is 11.1. The normalized spacial score (nSPS) is 15.6. The van der Waals surface area contributed by atoms with Gasteiger partial charge in [0.2, 0.25) is 0 Å². The number of hydrogen-bond acceptors (Lipinski definition) is 7. The molecule has 0 saturated carbocycles. The quantitative estimate of drug-likeness (QED) is 0.168. The highest BCUT2D eigenvalue weighted by atomic mass is 127. The van der Waals surface area contributed by atoms with Gasteiger partial charge in [-0.15, -0.1) is 5.10 Å². The summed E-state index contributed by atoms with van der Waals surface area (Å²) in [6, 6.07) is -0.244. The second-order valence-electron chi connectivity index (χ2n) is 5.48. The fourth-order valence-corrected chi connectivity index (χ4v) is 3.71. The molecule has 0 fully saturated rings. The summed E-state index contributed by atoms with van der Waals surface area (Å²) in [5.74, 6) is 0.261. The average Bonchev–Trinajstić information content (AvgIpc) is 3.01. The lowest BCUT2D eigenvalue weighted by Gasteiger charge is -2.20. The van der Waals surface area contributed by atoms with E-state index in [2.05, 4.69) is 32.8 Å². The van der Waals surface area contributed by atoms with E-state index in [-0.39, 0.29) is 21.7 Å². The van der Waals surface area contributed by atoms with Crippen LogP contribution >= 0.6 is 34.0 Å². The second kappa shape index (κ2) is 12.3. The van der Waals surface area contributed by atoms with Crippen molar-refractivity contribution in [1.82, 2.24) is 15.1 Å². The highest BCUT2D eigenvalue weighted by molar-refractivity contribution is 14.1. The molecule has 2 rings (SSSR count). The van der Waals surface area contributed by atoms with E-state index in [0.29, 0.717) is 24.4 Å². The molecule has 1 N–H and O–H groups in total. The molecule has 0 radical (unpaired) electrons. The summed E-state index contributed by atoms with van der Waals surface area (Å²) < 4.78 is 25.7. The molecule has 12 heteroatoms. The molecule has 1 atom stereocenters. The molecule has 8 nitrogen and oxygen atoms in total. The third kappa shape index (κ3) is 6.66. The van der Waals surface area contributed by atoms with Crippen LogP contribution in [0.4, 0.5) is 10.1 Å². The number of aromatic nitrogens is 2. The van der Waals surface area contributed by atoms with Gasteiger partial charge in [-0.05, 0) is 32.1 Å². The van der Waals surface area contributed by atoms with Crippen molar-refractivity contribution in [2.75, 3.05) is 19.5 Å². The van der Waals surface area contributed by atoms with Crippen LogP contribution in [-0.2, 0) is 4.65 Å². The van der Waals surface area contributed by atoms with E-state index in [9.17, 15) is 14.5 Å². The number of nitrogens with zero attached hydrogens (tertiary/aromatic N) is 3. The Balaban J connectivity index is 0.00000190. The Bertz CT molecular complexity index is 732. The van der Waals surface area contributed by atoms with E-state index >= 15 is 0 Å². The first-order chi connectivity index (χ1) is 13.3. The van der Waals surface area contributed by atoms with E-state index in [1.165, 1.54) is 17.0 Å². The minimum absolute atomic E-state index is 0.0542. The molecule has 0 aliphatic carbocycles. The predicted octanol–water partition coefficient (Wildman–Crippen LogP) is 4.34. The molecule has 1 aromatic heterocycles. The number of dihydropyridines is 1. The Labute approximate surface area is 182 Å². The highest BCUT2D eigenvalue weighted by Crippen LogP contribution is 2.33. The van der Waals surface area contributed by atoms with Gasteiger partial charge >= 0.3 is 15.6 Å². The third-order valence-electron chi connectivity index (χ3n) is 3.64. The Hall–Kier alpha value is -1.28. The van der Waals surface area contributed by atoms with Crippen LogP contribution in [0.5, 0.6) is 5.88 Å². The van der Waals surface area contributed by atoms with E-state index in [0.717, 1.165) is 5.75 Å². The van der Waals surface area contributed by atoms with Crippen LogP contribution in [0.15, 0.2) is 18.1 Å². The Morgan fingerprint density at radius 2 is 2.21 bits per heavy atom. The Morgan fingerprint density at radius 3 is 2.82 bits per heavy atom. The zero-order valence-electron chi connectivity index (χ0n) is 16.6. The minimum Gasteiger partial charge on any atom is -0.472 e. The first-order valence-electron chi connectivity index (χ1n) is 8.84. The van der Waals surface area contributed by atoms with Crippen molar-refractivity contribution in [3.05, 3.63) is 33.9 Å². The van der Waals surface area contributed by atoms with Gasteiger partial charge in [-0.2, -0.15) is 11.6 Å². The maximum Gasteiger partial charge on any atom is 0.434 e. The number of allylic oxidation sites excluding steroid dienone is 2. The summed E-state index contributed by atoms with van der Waals surface area (Å²) in [5, 5.41) is 18.5. The summed E-state index contributed by atoms with van der Waals surface area (Å²) in [7, 11) is 1.63. The maximum atomic E-state index is 13.6. The number of halogens is 2. The first kappa shape index (κ1) is 24.8. The highest BCUT2D eigenvalue weighted by Gasteiger charge is 2.30. The molecule has 1 aliphatic rings. The van der Waals surface area contributed by atoms with Gasteiger partial charge in [0.25, 0.3) is 0 Å². The van der Waals surface area contributed by atoms with Crippen LogP contribution in [0.2, 0.25) is 0 Å². The van der Waals surface area contributed by atoms with Gasteiger partial charge in [0.1, 0.15) is 11.5 Å². The molecule has 0 bridgehead atoms. The van der Waals surface area contributed by atoms with E-state index < -0.39 is 10.8 Å². The Morgan fingerprint density at radius 1 is 1.54 bits per heavy atom. The molecule has 1 aromatic rings. The van der Waals surface area contributed by atoms with Crippen molar-refractivity contribution in [1.29, 1.82) is 0 Å². The van der Waals surface area contributed by atoms with Gasteiger partial charge in [-0.3, -0.25) is 10.1 Å². The van der Waals surface area contributed by atoms with Crippen LogP contribution in [-0.4, -0.2) is 44.3 Å². The molecule has 28 heavy (non-hydrogen) atoms. The van der Waals surface area contributed by atoms with Gasteiger partial charge in [-0.25, -0.2) is 9.07 Å². The van der Waals surface area contributed by atoms with Crippen molar-refractivity contribution >= 4 is 49.4 Å². The molecule has 0 saturated heterocycles.